The number of nitrogens with zero attached hydrogens (tertiary/aromatic N) is 3. The first-order chi connectivity index (χ1) is 14.3. The van der Waals surface area contributed by atoms with Crippen molar-refractivity contribution in [2.45, 2.75) is 18.4 Å². The Morgan fingerprint density at radius 1 is 1.20 bits per heavy atom. The second-order valence-corrected chi connectivity index (χ2v) is 8.76. The largest absolute Gasteiger partial charge is 0.496 e. The SMILES string of the molecule is CCN(Cc1ccccc1OC)S(=O)(=O)c1ccc2c(Cl)cnc(N=C(N)N)c2c1. The summed E-state index contributed by atoms with van der Waals surface area (Å²) in [6, 6.07) is 11.9. The highest BCUT2D eigenvalue weighted by atomic mass is 35.5. The number of methoxy groups -OCH3 is 1. The number of fused-ring (bicyclic) bond motifs is 1. The van der Waals surface area contributed by atoms with Gasteiger partial charge in [0.2, 0.25) is 10.0 Å². The molecule has 3 aromatic rings. The first kappa shape index (κ1) is 21.8. The minimum Gasteiger partial charge on any atom is -0.496 e. The van der Waals surface area contributed by atoms with Crippen LogP contribution in [0, 0.1) is 0 Å². The van der Waals surface area contributed by atoms with Gasteiger partial charge < -0.3 is 16.2 Å². The number of hydrogen-bond acceptors (Lipinski definition) is 5. The quantitative estimate of drug-likeness (QED) is 0.423. The van der Waals surface area contributed by atoms with Gasteiger partial charge in [-0.15, -0.1) is 0 Å². The summed E-state index contributed by atoms with van der Waals surface area (Å²) in [6.45, 7) is 2.21. The summed E-state index contributed by atoms with van der Waals surface area (Å²) >= 11 is 6.22. The predicted octanol–water partition coefficient (Wildman–Crippen LogP) is 3.01. The second-order valence-electron chi connectivity index (χ2n) is 6.42. The Bertz CT molecular complexity index is 1210. The Labute approximate surface area is 180 Å². The van der Waals surface area contributed by atoms with Gasteiger partial charge in [0.1, 0.15) is 5.75 Å². The maximum absolute atomic E-state index is 13.4. The molecule has 0 atom stereocenters. The summed E-state index contributed by atoms with van der Waals surface area (Å²) in [5, 5.41) is 1.40. The molecule has 0 fully saturated rings. The molecule has 158 valence electrons. The van der Waals surface area contributed by atoms with Gasteiger partial charge in [0.05, 0.1) is 17.0 Å². The molecule has 10 heteroatoms. The lowest BCUT2D eigenvalue weighted by Crippen LogP contribution is -2.30. The van der Waals surface area contributed by atoms with Gasteiger partial charge in [0.15, 0.2) is 11.8 Å². The lowest BCUT2D eigenvalue weighted by Gasteiger charge is -2.22. The molecule has 1 heterocycles. The molecular weight excluding hydrogens is 426 g/mol. The van der Waals surface area contributed by atoms with E-state index in [0.29, 0.717) is 21.5 Å². The van der Waals surface area contributed by atoms with Crippen molar-refractivity contribution in [1.82, 2.24) is 9.29 Å². The summed E-state index contributed by atoms with van der Waals surface area (Å²) in [5.41, 5.74) is 11.7. The number of para-hydroxylation sites is 1. The highest BCUT2D eigenvalue weighted by Crippen LogP contribution is 2.32. The zero-order valence-electron chi connectivity index (χ0n) is 16.5. The molecule has 30 heavy (non-hydrogen) atoms. The number of aromatic nitrogens is 1. The Hall–Kier alpha value is -2.88. The smallest absolute Gasteiger partial charge is 0.243 e. The average Bonchev–Trinajstić information content (AvgIpc) is 2.73. The number of ether oxygens (including phenoxy) is 1. The first-order valence-electron chi connectivity index (χ1n) is 9.07. The number of guanidine groups is 1. The lowest BCUT2D eigenvalue weighted by molar-refractivity contribution is 0.386. The maximum Gasteiger partial charge on any atom is 0.243 e. The van der Waals surface area contributed by atoms with Crippen LogP contribution in [-0.4, -0.2) is 37.3 Å². The monoisotopic (exact) mass is 447 g/mol. The molecule has 0 spiro atoms. The fraction of sp³-hybridized carbons (Fsp3) is 0.200. The number of pyridine rings is 1. The molecule has 1 aromatic heterocycles. The van der Waals surface area contributed by atoms with Crippen LogP contribution in [0.15, 0.2) is 58.5 Å². The van der Waals surface area contributed by atoms with Crippen LogP contribution >= 0.6 is 11.6 Å². The van der Waals surface area contributed by atoms with Crippen LogP contribution in [0.1, 0.15) is 12.5 Å². The van der Waals surface area contributed by atoms with Crippen molar-refractivity contribution >= 4 is 44.2 Å². The van der Waals surface area contributed by atoms with E-state index in [1.165, 1.54) is 22.6 Å². The molecule has 0 radical (unpaired) electrons. The highest BCUT2D eigenvalue weighted by molar-refractivity contribution is 7.89. The predicted molar refractivity (Wildman–Crippen MR) is 118 cm³/mol. The van der Waals surface area contributed by atoms with Gasteiger partial charge in [-0.1, -0.05) is 42.8 Å². The second kappa shape index (κ2) is 8.86. The van der Waals surface area contributed by atoms with Crippen molar-refractivity contribution in [2.24, 2.45) is 16.5 Å². The average molecular weight is 448 g/mol. The number of hydrogen-bond donors (Lipinski definition) is 2. The van der Waals surface area contributed by atoms with Gasteiger partial charge in [0.25, 0.3) is 0 Å². The maximum atomic E-state index is 13.4. The summed E-state index contributed by atoms with van der Waals surface area (Å²) in [7, 11) is -2.28. The van der Waals surface area contributed by atoms with E-state index in [9.17, 15) is 8.42 Å². The number of aliphatic imine (C=N–C) groups is 1. The zero-order valence-corrected chi connectivity index (χ0v) is 18.1. The summed E-state index contributed by atoms with van der Waals surface area (Å²) in [6.07, 6.45) is 1.42. The van der Waals surface area contributed by atoms with Crippen LogP contribution in [0.2, 0.25) is 5.02 Å². The van der Waals surface area contributed by atoms with Gasteiger partial charge >= 0.3 is 0 Å². The van der Waals surface area contributed by atoms with Crippen molar-refractivity contribution in [1.29, 1.82) is 0 Å². The molecule has 0 aliphatic heterocycles. The Morgan fingerprint density at radius 2 is 1.93 bits per heavy atom. The third kappa shape index (κ3) is 4.33. The first-order valence-corrected chi connectivity index (χ1v) is 10.9. The van der Waals surface area contributed by atoms with Crippen molar-refractivity contribution in [3.8, 4) is 5.75 Å². The van der Waals surface area contributed by atoms with E-state index in [0.717, 1.165) is 5.56 Å². The third-order valence-corrected chi connectivity index (χ3v) is 6.77. The molecule has 0 bridgehead atoms. The molecule has 8 nitrogen and oxygen atoms in total. The molecule has 3 rings (SSSR count). The molecule has 0 amide bonds. The van der Waals surface area contributed by atoms with Gasteiger partial charge in [-0.2, -0.15) is 9.30 Å². The molecule has 2 aromatic carbocycles. The molecular formula is C20H22ClN5O3S. The minimum absolute atomic E-state index is 0.0860. The molecule has 0 saturated carbocycles. The van der Waals surface area contributed by atoms with E-state index in [2.05, 4.69) is 9.98 Å². The molecule has 0 unspecified atom stereocenters. The van der Waals surface area contributed by atoms with Gasteiger partial charge in [-0.25, -0.2) is 13.4 Å². The van der Waals surface area contributed by atoms with Crippen molar-refractivity contribution in [3.63, 3.8) is 0 Å². The van der Waals surface area contributed by atoms with Crippen LogP contribution in [-0.2, 0) is 16.6 Å². The number of sulfonamides is 1. The van der Waals surface area contributed by atoms with Gasteiger partial charge in [-0.05, 0) is 18.2 Å². The zero-order chi connectivity index (χ0) is 21.9. The van der Waals surface area contributed by atoms with Crippen LogP contribution in [0.25, 0.3) is 10.8 Å². The van der Waals surface area contributed by atoms with Gasteiger partial charge in [0, 0.05) is 35.6 Å². The fourth-order valence-electron chi connectivity index (χ4n) is 3.08. The lowest BCUT2D eigenvalue weighted by atomic mass is 10.1. The van der Waals surface area contributed by atoms with Crippen LogP contribution in [0.4, 0.5) is 5.82 Å². The van der Waals surface area contributed by atoms with Crippen molar-refractivity contribution < 1.29 is 13.2 Å². The number of benzene rings is 2. The standard InChI is InChI=1S/C20H22ClN5O3S/c1-3-26(12-13-6-4-5-7-18(13)29-2)30(27,28)14-8-9-15-16(10-14)19(25-20(22)23)24-11-17(15)21/h4-11H,3,12H2,1-2H3,(H4,22,23,24,25). The molecule has 4 N–H and O–H groups in total. The van der Waals surface area contributed by atoms with E-state index >= 15 is 0 Å². The van der Waals surface area contributed by atoms with Crippen LogP contribution in [0.3, 0.4) is 0 Å². The fourth-order valence-corrected chi connectivity index (χ4v) is 4.75. The summed E-state index contributed by atoms with van der Waals surface area (Å²) in [5.74, 6) is 0.626. The van der Waals surface area contributed by atoms with Crippen molar-refractivity contribution in [3.05, 3.63) is 59.2 Å². The topological polar surface area (TPSA) is 124 Å². The Balaban J connectivity index is 2.09. The van der Waals surface area contributed by atoms with Crippen LogP contribution in [0.5, 0.6) is 5.75 Å². The Morgan fingerprint density at radius 3 is 2.60 bits per heavy atom. The van der Waals surface area contributed by atoms with E-state index in [4.69, 9.17) is 27.8 Å². The minimum atomic E-state index is -3.83. The summed E-state index contributed by atoms with van der Waals surface area (Å²) in [4.78, 5) is 8.19. The molecule has 0 aliphatic rings. The van der Waals surface area contributed by atoms with Crippen molar-refractivity contribution in [2.75, 3.05) is 13.7 Å². The summed E-state index contributed by atoms with van der Waals surface area (Å²) < 4.78 is 33.5. The normalized spacial score (nSPS) is 11.6. The molecule has 0 aliphatic carbocycles. The van der Waals surface area contributed by atoms with E-state index in [-0.39, 0.29) is 29.8 Å². The van der Waals surface area contributed by atoms with E-state index in [1.807, 2.05) is 18.2 Å². The highest BCUT2D eigenvalue weighted by Gasteiger charge is 2.25. The van der Waals surface area contributed by atoms with Gasteiger partial charge in [-0.3, -0.25) is 0 Å². The Kier molecular flexibility index (Phi) is 6.45. The molecule has 0 saturated heterocycles. The van der Waals surface area contributed by atoms with E-state index in [1.54, 1.807) is 26.2 Å². The van der Waals surface area contributed by atoms with E-state index < -0.39 is 10.0 Å². The van der Waals surface area contributed by atoms with Crippen LogP contribution < -0.4 is 16.2 Å². The third-order valence-electron chi connectivity index (χ3n) is 4.55. The number of halogens is 1. The number of rotatable bonds is 7. The number of nitrogens with two attached hydrogens (primary N) is 2.